The molecule has 2 aromatic carbocycles. The summed E-state index contributed by atoms with van der Waals surface area (Å²) in [7, 11) is -4.10. The molecule has 0 saturated carbocycles. The highest BCUT2D eigenvalue weighted by molar-refractivity contribution is 7.91. The number of nitrogens with one attached hydrogen (secondary N) is 2. The minimum atomic E-state index is -4.69. The fraction of sp³-hybridized carbons (Fsp3) is 0.100. The predicted octanol–water partition coefficient (Wildman–Crippen LogP) is 4.91. The number of carbonyl (C=O) groups excluding carboxylic acids is 1. The molecule has 3 aromatic rings. The molecule has 0 bridgehead atoms. The third kappa shape index (κ3) is 5.53. The highest BCUT2D eigenvalue weighted by Gasteiger charge is 2.34. The molecule has 0 aliphatic heterocycles. The van der Waals surface area contributed by atoms with Crippen LogP contribution in [0.3, 0.4) is 0 Å². The van der Waals surface area contributed by atoms with E-state index >= 15 is 0 Å². The maximum atomic E-state index is 12.8. The lowest BCUT2D eigenvalue weighted by molar-refractivity contribution is -0.137. The molecule has 31 heavy (non-hydrogen) atoms. The van der Waals surface area contributed by atoms with Crippen LogP contribution in [-0.2, 0) is 22.6 Å². The van der Waals surface area contributed by atoms with E-state index in [0.717, 1.165) is 17.7 Å². The molecule has 0 aliphatic rings. The molecule has 1 heterocycles. The van der Waals surface area contributed by atoms with Crippen molar-refractivity contribution in [1.82, 2.24) is 10.3 Å². The van der Waals surface area contributed by atoms with E-state index in [2.05, 4.69) is 15.6 Å². The van der Waals surface area contributed by atoms with Crippen molar-refractivity contribution in [2.24, 2.45) is 0 Å². The van der Waals surface area contributed by atoms with Gasteiger partial charge in [0.2, 0.25) is 9.84 Å². The zero-order chi connectivity index (χ0) is 22.6. The first kappa shape index (κ1) is 22.6. The van der Waals surface area contributed by atoms with Crippen molar-refractivity contribution in [1.29, 1.82) is 0 Å². The van der Waals surface area contributed by atoms with Crippen LogP contribution in [0.25, 0.3) is 0 Å². The third-order valence-corrected chi connectivity index (χ3v) is 6.23. The maximum Gasteiger partial charge on any atom is 0.417 e. The normalized spacial score (nSPS) is 11.7. The molecule has 11 heteroatoms. The lowest BCUT2D eigenvalue weighted by Gasteiger charge is -2.11. The first-order valence-corrected chi connectivity index (χ1v) is 10.6. The van der Waals surface area contributed by atoms with Gasteiger partial charge in [0.05, 0.1) is 20.4 Å². The van der Waals surface area contributed by atoms with Crippen molar-refractivity contribution in [3.8, 4) is 0 Å². The Balaban J connectivity index is 1.70. The van der Waals surface area contributed by atoms with Gasteiger partial charge in [-0.3, -0.25) is 4.98 Å². The van der Waals surface area contributed by atoms with Gasteiger partial charge in [0.25, 0.3) is 0 Å². The molecule has 6 nitrogen and oxygen atoms in total. The number of carbonyl (C=O) groups is 1. The molecule has 0 atom stereocenters. The summed E-state index contributed by atoms with van der Waals surface area (Å²) in [5.41, 5.74) is 0.00680. The molecule has 0 fully saturated rings. The van der Waals surface area contributed by atoms with Crippen LogP contribution in [0.15, 0.2) is 76.8 Å². The summed E-state index contributed by atoms with van der Waals surface area (Å²) in [6, 6.07) is 10.4. The van der Waals surface area contributed by atoms with Gasteiger partial charge in [0, 0.05) is 24.6 Å². The van der Waals surface area contributed by atoms with Crippen LogP contribution < -0.4 is 10.6 Å². The second-order valence-electron chi connectivity index (χ2n) is 6.34. The predicted molar refractivity (Wildman–Crippen MR) is 108 cm³/mol. The summed E-state index contributed by atoms with van der Waals surface area (Å²) >= 11 is 5.62. The monoisotopic (exact) mass is 469 g/mol. The molecule has 0 spiro atoms. The van der Waals surface area contributed by atoms with Crippen molar-refractivity contribution in [3.63, 3.8) is 0 Å². The molecule has 0 radical (unpaired) electrons. The number of halogens is 4. The second-order valence-corrected chi connectivity index (χ2v) is 8.69. The Morgan fingerprint density at radius 2 is 1.71 bits per heavy atom. The number of anilines is 1. The van der Waals surface area contributed by atoms with Crippen LogP contribution in [0.2, 0.25) is 5.02 Å². The number of rotatable bonds is 5. The SMILES string of the molecule is O=C(NCc1cccnc1)Nc1ccc(S(=O)(=O)c2ccc(C(F)(F)F)c(Cl)c2)cc1. The largest absolute Gasteiger partial charge is 0.417 e. The molecule has 0 unspecified atom stereocenters. The lowest BCUT2D eigenvalue weighted by atomic mass is 10.2. The number of aromatic nitrogens is 1. The van der Waals surface area contributed by atoms with Gasteiger partial charge in [0.15, 0.2) is 0 Å². The van der Waals surface area contributed by atoms with Crippen molar-refractivity contribution in [2.45, 2.75) is 22.5 Å². The number of hydrogen-bond donors (Lipinski definition) is 2. The van der Waals surface area contributed by atoms with Gasteiger partial charge < -0.3 is 10.6 Å². The summed E-state index contributed by atoms with van der Waals surface area (Å²) in [6.45, 7) is 0.251. The highest BCUT2D eigenvalue weighted by Crippen LogP contribution is 2.36. The number of alkyl halides is 3. The quantitative estimate of drug-likeness (QED) is 0.556. The van der Waals surface area contributed by atoms with E-state index in [4.69, 9.17) is 11.6 Å². The summed E-state index contributed by atoms with van der Waals surface area (Å²) in [5, 5.41) is 4.47. The average Bonchev–Trinajstić information content (AvgIpc) is 2.72. The van der Waals surface area contributed by atoms with Gasteiger partial charge in [0.1, 0.15) is 0 Å². The van der Waals surface area contributed by atoms with Crippen molar-refractivity contribution < 1.29 is 26.4 Å². The Morgan fingerprint density at radius 1 is 1.03 bits per heavy atom. The fourth-order valence-electron chi connectivity index (χ4n) is 2.61. The standard InChI is InChI=1S/C20H15ClF3N3O3S/c21-18-10-16(7-8-17(18)20(22,23)24)31(29,30)15-5-3-14(4-6-15)27-19(28)26-12-13-2-1-9-25-11-13/h1-11H,12H2,(H2,26,27,28). The van der Waals surface area contributed by atoms with E-state index in [-0.39, 0.29) is 16.3 Å². The van der Waals surface area contributed by atoms with Gasteiger partial charge in [-0.15, -0.1) is 0 Å². The Morgan fingerprint density at radius 3 is 2.29 bits per heavy atom. The number of hydrogen-bond acceptors (Lipinski definition) is 4. The first-order chi connectivity index (χ1) is 14.6. The van der Waals surface area contributed by atoms with Gasteiger partial charge in [-0.25, -0.2) is 13.2 Å². The highest BCUT2D eigenvalue weighted by atomic mass is 35.5. The number of amides is 2. The topological polar surface area (TPSA) is 88.2 Å². The molecule has 3 rings (SSSR count). The maximum absolute atomic E-state index is 12.8. The van der Waals surface area contributed by atoms with Gasteiger partial charge >= 0.3 is 12.2 Å². The fourth-order valence-corrected chi connectivity index (χ4v) is 4.25. The van der Waals surface area contributed by atoms with Crippen LogP contribution in [-0.4, -0.2) is 19.4 Å². The van der Waals surface area contributed by atoms with E-state index < -0.39 is 32.6 Å². The smallest absolute Gasteiger partial charge is 0.334 e. The Hall–Kier alpha value is -3.11. The molecule has 0 aliphatic carbocycles. The van der Waals surface area contributed by atoms with Crippen LogP contribution >= 0.6 is 11.6 Å². The number of benzene rings is 2. The molecule has 162 valence electrons. The molecule has 2 N–H and O–H groups in total. The van der Waals surface area contributed by atoms with Crippen LogP contribution in [0, 0.1) is 0 Å². The summed E-state index contributed by atoms with van der Waals surface area (Å²) < 4.78 is 63.9. The van der Waals surface area contributed by atoms with Crippen LogP contribution in [0.5, 0.6) is 0 Å². The molecule has 0 saturated heterocycles. The van der Waals surface area contributed by atoms with E-state index in [1.165, 1.54) is 24.3 Å². The minimum absolute atomic E-state index is 0.162. The lowest BCUT2D eigenvalue weighted by Crippen LogP contribution is -2.28. The summed E-state index contributed by atoms with van der Waals surface area (Å²) in [6.07, 6.45) is -1.48. The zero-order valence-electron chi connectivity index (χ0n) is 15.7. The molecular formula is C20H15ClF3N3O3S. The first-order valence-electron chi connectivity index (χ1n) is 8.73. The van der Waals surface area contributed by atoms with Gasteiger partial charge in [-0.1, -0.05) is 17.7 Å². The third-order valence-electron chi connectivity index (χ3n) is 4.15. The number of urea groups is 1. The van der Waals surface area contributed by atoms with Crippen LogP contribution in [0.1, 0.15) is 11.1 Å². The van der Waals surface area contributed by atoms with E-state index in [9.17, 15) is 26.4 Å². The van der Waals surface area contributed by atoms with Crippen molar-refractivity contribution >= 4 is 33.2 Å². The van der Waals surface area contributed by atoms with E-state index in [1.54, 1.807) is 24.5 Å². The summed E-state index contributed by atoms with van der Waals surface area (Å²) in [5.74, 6) is 0. The molecular weight excluding hydrogens is 455 g/mol. The molecule has 2 amide bonds. The average molecular weight is 470 g/mol. The number of sulfone groups is 1. The minimum Gasteiger partial charge on any atom is -0.334 e. The van der Waals surface area contributed by atoms with Crippen molar-refractivity contribution in [3.05, 3.63) is 83.1 Å². The Bertz CT molecular complexity index is 1190. The summed E-state index contributed by atoms with van der Waals surface area (Å²) in [4.78, 5) is 15.4. The number of pyridine rings is 1. The van der Waals surface area contributed by atoms with E-state index in [0.29, 0.717) is 11.8 Å². The van der Waals surface area contributed by atoms with Gasteiger partial charge in [-0.2, -0.15) is 13.2 Å². The second kappa shape index (κ2) is 8.94. The van der Waals surface area contributed by atoms with Gasteiger partial charge in [-0.05, 0) is 54.1 Å². The van der Waals surface area contributed by atoms with Crippen LogP contribution in [0.4, 0.5) is 23.7 Å². The van der Waals surface area contributed by atoms with Crippen molar-refractivity contribution in [2.75, 3.05) is 5.32 Å². The molecule has 1 aromatic heterocycles. The van der Waals surface area contributed by atoms with E-state index in [1.807, 2.05) is 0 Å². The zero-order valence-corrected chi connectivity index (χ0v) is 17.2. The Kier molecular flexibility index (Phi) is 6.51. The Labute approximate surface area is 181 Å². The number of nitrogens with zero attached hydrogens (tertiary/aromatic N) is 1.